The van der Waals surface area contributed by atoms with Gasteiger partial charge in [0, 0.05) is 30.8 Å². The molecule has 0 radical (unpaired) electrons. The fourth-order valence-electron chi connectivity index (χ4n) is 5.53. The number of carbonyl (C=O) groups excluding carboxylic acids is 2. The lowest BCUT2D eigenvalue weighted by Gasteiger charge is -2.59. The second kappa shape index (κ2) is 7.84. The Morgan fingerprint density at radius 3 is 2.53 bits per heavy atom. The van der Waals surface area contributed by atoms with E-state index in [1.807, 2.05) is 18.3 Å². The van der Waals surface area contributed by atoms with Crippen LogP contribution in [0.15, 0.2) is 48.8 Å². The number of hydrogen-bond donors (Lipinski definition) is 1. The van der Waals surface area contributed by atoms with Crippen LogP contribution in [-0.4, -0.2) is 63.5 Å². The minimum Gasteiger partial charge on any atom is -0.394 e. The van der Waals surface area contributed by atoms with E-state index in [1.165, 1.54) is 0 Å². The summed E-state index contributed by atoms with van der Waals surface area (Å²) in [7, 11) is 0. The number of aromatic nitrogens is 1. The zero-order valence-corrected chi connectivity index (χ0v) is 17.0. The molecule has 2 aliphatic heterocycles. The van der Waals surface area contributed by atoms with Gasteiger partial charge in [-0.05, 0) is 35.6 Å². The molecule has 6 heteroatoms. The predicted octanol–water partition coefficient (Wildman–Crippen LogP) is 2.44. The Balaban J connectivity index is 1.37. The maximum atomic E-state index is 12.9. The van der Waals surface area contributed by atoms with Gasteiger partial charge < -0.3 is 14.9 Å². The van der Waals surface area contributed by atoms with Crippen molar-refractivity contribution in [1.82, 2.24) is 14.8 Å². The van der Waals surface area contributed by atoms with Gasteiger partial charge in [0.15, 0.2) is 0 Å². The van der Waals surface area contributed by atoms with E-state index < -0.39 is 0 Å². The molecular weight excluding hydrogens is 378 g/mol. The number of pyridine rings is 1. The second-order valence-corrected chi connectivity index (χ2v) is 8.71. The largest absolute Gasteiger partial charge is 0.394 e. The quantitative estimate of drug-likeness (QED) is 0.848. The van der Waals surface area contributed by atoms with Crippen LogP contribution in [0.2, 0.25) is 0 Å². The molecule has 2 amide bonds. The minimum absolute atomic E-state index is 0.0418. The van der Waals surface area contributed by atoms with Gasteiger partial charge in [-0.1, -0.05) is 43.2 Å². The van der Waals surface area contributed by atoms with Crippen molar-refractivity contribution in [2.75, 3.05) is 19.7 Å². The molecule has 2 saturated heterocycles. The van der Waals surface area contributed by atoms with Crippen LogP contribution in [0, 0.1) is 5.92 Å². The van der Waals surface area contributed by atoms with E-state index >= 15 is 0 Å². The third-order valence-electron chi connectivity index (χ3n) is 7.06. The third kappa shape index (κ3) is 3.19. The molecule has 5 rings (SSSR count). The SMILES string of the molecule is O=C(C1CCCC1)N1CC(=O)N2[C@@H](CO)[C@@H](c3ccc(-c4cccnc4)cc3)[C@@H]2C1. The monoisotopic (exact) mass is 405 g/mol. The summed E-state index contributed by atoms with van der Waals surface area (Å²) in [6.45, 7) is 0.648. The summed E-state index contributed by atoms with van der Waals surface area (Å²) < 4.78 is 0. The van der Waals surface area contributed by atoms with Gasteiger partial charge in [-0.2, -0.15) is 0 Å². The normalized spacial score (nSPS) is 26.4. The highest BCUT2D eigenvalue weighted by molar-refractivity contribution is 5.88. The van der Waals surface area contributed by atoms with Crippen LogP contribution in [0.3, 0.4) is 0 Å². The molecular formula is C24H27N3O3. The summed E-state index contributed by atoms with van der Waals surface area (Å²) in [5, 5.41) is 9.97. The fraction of sp³-hybridized carbons (Fsp3) is 0.458. The van der Waals surface area contributed by atoms with Gasteiger partial charge in [0.1, 0.15) is 0 Å². The molecule has 1 aliphatic carbocycles. The number of carbonyl (C=O) groups is 2. The van der Waals surface area contributed by atoms with Crippen LogP contribution >= 0.6 is 0 Å². The van der Waals surface area contributed by atoms with Crippen molar-refractivity contribution in [2.45, 2.75) is 43.7 Å². The molecule has 1 N–H and O–H groups in total. The van der Waals surface area contributed by atoms with Crippen LogP contribution in [0.4, 0.5) is 0 Å². The number of nitrogens with zero attached hydrogens (tertiary/aromatic N) is 3. The molecule has 30 heavy (non-hydrogen) atoms. The van der Waals surface area contributed by atoms with E-state index in [0.717, 1.165) is 42.4 Å². The number of aliphatic hydroxyl groups is 1. The topological polar surface area (TPSA) is 73.7 Å². The van der Waals surface area contributed by atoms with E-state index in [0.29, 0.717) is 6.54 Å². The highest BCUT2D eigenvalue weighted by Gasteiger charge is 2.54. The highest BCUT2D eigenvalue weighted by atomic mass is 16.3. The van der Waals surface area contributed by atoms with Crippen LogP contribution in [0.1, 0.15) is 37.2 Å². The summed E-state index contributed by atoms with van der Waals surface area (Å²) >= 11 is 0. The van der Waals surface area contributed by atoms with Crippen molar-refractivity contribution >= 4 is 11.8 Å². The molecule has 156 valence electrons. The number of rotatable bonds is 4. The van der Waals surface area contributed by atoms with E-state index in [9.17, 15) is 14.7 Å². The van der Waals surface area contributed by atoms with Gasteiger partial charge in [0.05, 0.1) is 25.2 Å². The van der Waals surface area contributed by atoms with Gasteiger partial charge in [-0.3, -0.25) is 14.6 Å². The molecule has 0 bridgehead atoms. The summed E-state index contributed by atoms with van der Waals surface area (Å²) in [6, 6.07) is 12.0. The number of aliphatic hydroxyl groups excluding tert-OH is 1. The second-order valence-electron chi connectivity index (χ2n) is 8.71. The van der Waals surface area contributed by atoms with Crippen molar-refractivity contribution in [2.24, 2.45) is 5.92 Å². The zero-order valence-electron chi connectivity index (χ0n) is 17.0. The molecule has 3 aliphatic rings. The summed E-state index contributed by atoms with van der Waals surface area (Å²) in [6.07, 6.45) is 7.68. The summed E-state index contributed by atoms with van der Waals surface area (Å²) in [5.74, 6) is 0.217. The molecule has 2 aromatic rings. The van der Waals surface area contributed by atoms with Crippen molar-refractivity contribution < 1.29 is 14.7 Å². The summed E-state index contributed by atoms with van der Waals surface area (Å²) in [5.41, 5.74) is 3.24. The number of fused-ring (bicyclic) bond motifs is 1. The Morgan fingerprint density at radius 1 is 1.10 bits per heavy atom. The third-order valence-corrected chi connectivity index (χ3v) is 7.06. The Hall–Kier alpha value is -2.73. The predicted molar refractivity (Wildman–Crippen MR) is 112 cm³/mol. The molecule has 1 aromatic carbocycles. The maximum Gasteiger partial charge on any atom is 0.242 e. The Bertz CT molecular complexity index is 924. The fourth-order valence-corrected chi connectivity index (χ4v) is 5.53. The molecule has 1 aromatic heterocycles. The van der Waals surface area contributed by atoms with E-state index in [4.69, 9.17) is 0 Å². The van der Waals surface area contributed by atoms with Gasteiger partial charge >= 0.3 is 0 Å². The average molecular weight is 405 g/mol. The Kier molecular flexibility index (Phi) is 5.03. The van der Waals surface area contributed by atoms with E-state index in [2.05, 4.69) is 29.2 Å². The van der Waals surface area contributed by atoms with Crippen molar-refractivity contribution in [1.29, 1.82) is 0 Å². The molecule has 0 spiro atoms. The van der Waals surface area contributed by atoms with Gasteiger partial charge in [-0.15, -0.1) is 0 Å². The number of amides is 2. The molecule has 6 nitrogen and oxygen atoms in total. The number of piperazine rings is 1. The van der Waals surface area contributed by atoms with Crippen LogP contribution < -0.4 is 0 Å². The molecule has 1 saturated carbocycles. The van der Waals surface area contributed by atoms with Crippen molar-refractivity contribution in [3.63, 3.8) is 0 Å². The summed E-state index contributed by atoms with van der Waals surface area (Å²) in [4.78, 5) is 33.5. The lowest BCUT2D eigenvalue weighted by molar-refractivity contribution is -0.168. The first-order chi connectivity index (χ1) is 14.7. The smallest absolute Gasteiger partial charge is 0.242 e. The Morgan fingerprint density at radius 2 is 1.87 bits per heavy atom. The van der Waals surface area contributed by atoms with Crippen molar-refractivity contribution in [3.05, 3.63) is 54.4 Å². The van der Waals surface area contributed by atoms with Gasteiger partial charge in [-0.25, -0.2) is 0 Å². The van der Waals surface area contributed by atoms with Gasteiger partial charge in [0.25, 0.3) is 0 Å². The van der Waals surface area contributed by atoms with Crippen LogP contribution in [0.5, 0.6) is 0 Å². The minimum atomic E-state index is -0.213. The molecule has 3 heterocycles. The van der Waals surface area contributed by atoms with E-state index in [1.54, 1.807) is 16.0 Å². The Labute approximate surface area is 176 Å². The average Bonchev–Trinajstić information content (AvgIpc) is 3.30. The first-order valence-electron chi connectivity index (χ1n) is 10.9. The maximum absolute atomic E-state index is 12.9. The molecule has 3 fully saturated rings. The van der Waals surface area contributed by atoms with E-state index in [-0.39, 0.29) is 48.9 Å². The van der Waals surface area contributed by atoms with Crippen molar-refractivity contribution in [3.8, 4) is 11.1 Å². The van der Waals surface area contributed by atoms with Crippen LogP contribution in [0.25, 0.3) is 11.1 Å². The molecule has 3 atom stereocenters. The first-order valence-corrected chi connectivity index (χ1v) is 10.9. The number of benzene rings is 1. The highest BCUT2D eigenvalue weighted by Crippen LogP contribution is 2.43. The lowest BCUT2D eigenvalue weighted by atomic mass is 9.73. The first kappa shape index (κ1) is 19.2. The lowest BCUT2D eigenvalue weighted by Crippen LogP contribution is -2.73. The van der Waals surface area contributed by atoms with Crippen LogP contribution in [-0.2, 0) is 9.59 Å². The zero-order chi connectivity index (χ0) is 20.7. The molecule has 0 unspecified atom stereocenters. The van der Waals surface area contributed by atoms with Gasteiger partial charge in [0.2, 0.25) is 11.8 Å². The number of hydrogen-bond acceptors (Lipinski definition) is 4. The standard InChI is InChI=1S/C24H27N3O3/c28-15-21-23(17-9-7-16(8-10-17)19-6-3-11-25-12-19)20-13-26(14-22(29)27(20)21)24(30)18-4-1-2-5-18/h3,6-12,18,20-21,23,28H,1-2,4-5,13-15H2/t20-,21-,23-/m0/s1.